The van der Waals surface area contributed by atoms with E-state index in [2.05, 4.69) is 4.98 Å². The summed E-state index contributed by atoms with van der Waals surface area (Å²) in [6.45, 7) is 2.40. The van der Waals surface area contributed by atoms with E-state index >= 15 is 0 Å². The van der Waals surface area contributed by atoms with Crippen LogP contribution < -0.4 is 4.74 Å². The number of halogens is 2. The highest BCUT2D eigenvalue weighted by Crippen LogP contribution is 2.28. The Hall–Kier alpha value is -2.23. The molecule has 1 heterocycles. The van der Waals surface area contributed by atoms with Gasteiger partial charge in [0.1, 0.15) is 12.4 Å². The van der Waals surface area contributed by atoms with E-state index in [4.69, 9.17) is 27.9 Å². The lowest BCUT2D eigenvalue weighted by Crippen LogP contribution is -2.02. The maximum Gasteiger partial charge on any atom is 0.129 e. The highest BCUT2D eigenvalue weighted by molar-refractivity contribution is 6.42. The van der Waals surface area contributed by atoms with Crippen LogP contribution in [0, 0.1) is 0 Å². The van der Waals surface area contributed by atoms with Gasteiger partial charge in [-0.1, -0.05) is 47.5 Å². The Balaban J connectivity index is 1.85. The normalized spacial score (nSPS) is 11.5. The van der Waals surface area contributed by atoms with E-state index in [1.54, 1.807) is 18.6 Å². The van der Waals surface area contributed by atoms with Crippen LogP contribution in [0.3, 0.4) is 0 Å². The molecule has 0 aliphatic rings. The first-order chi connectivity index (χ1) is 11.7. The third-order valence-electron chi connectivity index (χ3n) is 3.60. The molecule has 0 fully saturated rings. The number of ether oxygens (including phenoxy) is 1. The molecule has 0 N–H and O–H groups in total. The van der Waals surface area contributed by atoms with E-state index in [0.717, 1.165) is 22.6 Å². The van der Waals surface area contributed by atoms with Gasteiger partial charge in [-0.25, -0.2) is 4.98 Å². The molecule has 0 spiro atoms. The van der Waals surface area contributed by atoms with Gasteiger partial charge in [0.2, 0.25) is 0 Å². The summed E-state index contributed by atoms with van der Waals surface area (Å²) < 4.78 is 7.98. The molecule has 0 radical (unpaired) electrons. The molecule has 0 saturated carbocycles. The zero-order chi connectivity index (χ0) is 16.9. The third-order valence-corrected chi connectivity index (χ3v) is 4.34. The zero-order valence-corrected chi connectivity index (χ0v) is 14.6. The monoisotopic (exact) mass is 358 g/mol. The summed E-state index contributed by atoms with van der Waals surface area (Å²) in [5.74, 6) is 0.797. The molecule has 122 valence electrons. The van der Waals surface area contributed by atoms with E-state index in [1.807, 2.05) is 60.2 Å². The predicted octanol–water partition coefficient (Wildman–Crippen LogP) is 5.68. The third kappa shape index (κ3) is 3.64. The average molecular weight is 359 g/mol. The van der Waals surface area contributed by atoms with E-state index in [0.29, 0.717) is 16.7 Å². The number of benzene rings is 2. The Bertz CT molecular complexity index is 858. The SMILES string of the molecule is C/C=C(/c1ccccc1OCc1ccc(Cl)c(Cl)c1)n1ccnc1. The lowest BCUT2D eigenvalue weighted by atomic mass is 10.1. The zero-order valence-electron chi connectivity index (χ0n) is 13.1. The van der Waals surface area contributed by atoms with Crippen LogP contribution in [0.1, 0.15) is 18.1 Å². The molecule has 0 atom stereocenters. The molecule has 0 amide bonds. The van der Waals surface area contributed by atoms with Crippen molar-refractivity contribution in [1.29, 1.82) is 0 Å². The van der Waals surface area contributed by atoms with Gasteiger partial charge in [0.05, 0.1) is 22.1 Å². The summed E-state index contributed by atoms with van der Waals surface area (Å²) in [7, 11) is 0. The van der Waals surface area contributed by atoms with Crippen molar-refractivity contribution in [3.63, 3.8) is 0 Å². The second-order valence-corrected chi connectivity index (χ2v) is 5.99. The van der Waals surface area contributed by atoms with Crippen molar-refractivity contribution in [2.45, 2.75) is 13.5 Å². The predicted molar refractivity (Wildman–Crippen MR) is 98.5 cm³/mol. The number of para-hydroxylation sites is 1. The van der Waals surface area contributed by atoms with Crippen LogP contribution in [0.4, 0.5) is 0 Å². The minimum atomic E-state index is 0.412. The maximum absolute atomic E-state index is 6.06. The molecular weight excluding hydrogens is 343 g/mol. The van der Waals surface area contributed by atoms with Crippen molar-refractivity contribution in [3.8, 4) is 5.75 Å². The molecule has 24 heavy (non-hydrogen) atoms. The molecule has 5 heteroatoms. The van der Waals surface area contributed by atoms with Gasteiger partial charge < -0.3 is 9.30 Å². The summed E-state index contributed by atoms with van der Waals surface area (Å²) in [6, 6.07) is 13.4. The fourth-order valence-corrected chi connectivity index (χ4v) is 2.76. The summed E-state index contributed by atoms with van der Waals surface area (Å²) in [5.41, 5.74) is 2.97. The maximum atomic E-state index is 6.06. The number of allylic oxidation sites excluding steroid dienone is 1. The van der Waals surface area contributed by atoms with Crippen LogP contribution >= 0.6 is 23.2 Å². The fraction of sp³-hybridized carbons (Fsp3) is 0.105. The molecule has 3 nitrogen and oxygen atoms in total. The molecule has 1 aromatic heterocycles. The lowest BCUT2D eigenvalue weighted by Gasteiger charge is -2.15. The van der Waals surface area contributed by atoms with Crippen LogP contribution in [-0.4, -0.2) is 9.55 Å². The van der Waals surface area contributed by atoms with Gasteiger partial charge in [-0.2, -0.15) is 0 Å². The van der Waals surface area contributed by atoms with Crippen LogP contribution in [-0.2, 0) is 6.61 Å². The summed E-state index contributed by atoms with van der Waals surface area (Å²) in [6.07, 6.45) is 7.46. The van der Waals surface area contributed by atoms with Gasteiger partial charge in [0.15, 0.2) is 0 Å². The van der Waals surface area contributed by atoms with E-state index in [1.165, 1.54) is 0 Å². The van der Waals surface area contributed by atoms with Crippen LogP contribution in [0.25, 0.3) is 5.70 Å². The Kier molecular flexibility index (Phi) is 5.24. The quantitative estimate of drug-likeness (QED) is 0.586. The number of imidazole rings is 1. The van der Waals surface area contributed by atoms with Crippen molar-refractivity contribution >= 4 is 28.9 Å². The molecule has 2 aromatic carbocycles. The highest BCUT2D eigenvalue weighted by atomic mass is 35.5. The van der Waals surface area contributed by atoms with Crippen molar-refractivity contribution < 1.29 is 4.74 Å². The second kappa shape index (κ2) is 7.56. The molecule has 0 aliphatic carbocycles. The molecule has 0 saturated heterocycles. The summed E-state index contributed by atoms with van der Waals surface area (Å²) >= 11 is 12.0. The first kappa shape index (κ1) is 16.6. The Labute approximate surface area is 151 Å². The first-order valence-corrected chi connectivity index (χ1v) is 8.25. The van der Waals surface area contributed by atoms with Gasteiger partial charge in [0, 0.05) is 18.0 Å². The topological polar surface area (TPSA) is 27.1 Å². The molecule has 0 unspecified atom stereocenters. The minimum absolute atomic E-state index is 0.412. The van der Waals surface area contributed by atoms with Gasteiger partial charge >= 0.3 is 0 Å². The number of hydrogen-bond acceptors (Lipinski definition) is 2. The van der Waals surface area contributed by atoms with E-state index in [9.17, 15) is 0 Å². The van der Waals surface area contributed by atoms with Crippen molar-refractivity contribution in [3.05, 3.63) is 88.4 Å². The first-order valence-electron chi connectivity index (χ1n) is 7.50. The van der Waals surface area contributed by atoms with Crippen LogP contribution in [0.5, 0.6) is 5.75 Å². The number of aromatic nitrogens is 2. The lowest BCUT2D eigenvalue weighted by molar-refractivity contribution is 0.305. The number of hydrogen-bond donors (Lipinski definition) is 0. The van der Waals surface area contributed by atoms with Crippen LogP contribution in [0.2, 0.25) is 10.0 Å². The largest absolute Gasteiger partial charge is 0.488 e. The fourth-order valence-electron chi connectivity index (χ4n) is 2.44. The molecule has 0 bridgehead atoms. The Morgan fingerprint density at radius 2 is 2.00 bits per heavy atom. The minimum Gasteiger partial charge on any atom is -0.488 e. The summed E-state index contributed by atoms with van der Waals surface area (Å²) in [5, 5.41) is 1.07. The van der Waals surface area contributed by atoms with Crippen molar-refractivity contribution in [1.82, 2.24) is 9.55 Å². The summed E-state index contributed by atoms with van der Waals surface area (Å²) in [4.78, 5) is 4.11. The van der Waals surface area contributed by atoms with E-state index in [-0.39, 0.29) is 0 Å². The van der Waals surface area contributed by atoms with E-state index < -0.39 is 0 Å². The Morgan fingerprint density at radius 3 is 2.71 bits per heavy atom. The number of nitrogens with zero attached hydrogens (tertiary/aromatic N) is 2. The smallest absolute Gasteiger partial charge is 0.129 e. The van der Waals surface area contributed by atoms with Gasteiger partial charge in [-0.3, -0.25) is 0 Å². The highest BCUT2D eigenvalue weighted by Gasteiger charge is 2.10. The van der Waals surface area contributed by atoms with Crippen molar-refractivity contribution in [2.24, 2.45) is 0 Å². The van der Waals surface area contributed by atoms with Gasteiger partial charge in [-0.05, 0) is 36.8 Å². The standard InChI is InChI=1S/C19H16Cl2N2O/c1-2-18(23-10-9-22-13-23)15-5-3-4-6-19(15)24-12-14-7-8-16(20)17(21)11-14/h2-11,13H,12H2,1H3/b18-2-. The molecular formula is C19H16Cl2N2O. The molecule has 0 aliphatic heterocycles. The molecule has 3 rings (SSSR count). The Morgan fingerprint density at radius 1 is 1.17 bits per heavy atom. The van der Waals surface area contributed by atoms with Crippen molar-refractivity contribution in [2.75, 3.05) is 0 Å². The molecule has 3 aromatic rings. The average Bonchev–Trinajstić information content (AvgIpc) is 3.12. The van der Waals surface area contributed by atoms with Crippen LogP contribution in [0.15, 0.2) is 67.3 Å². The number of rotatable bonds is 5. The van der Waals surface area contributed by atoms with Gasteiger partial charge in [0.25, 0.3) is 0 Å². The van der Waals surface area contributed by atoms with Gasteiger partial charge in [-0.15, -0.1) is 0 Å². The second-order valence-electron chi connectivity index (χ2n) is 5.18.